The summed E-state index contributed by atoms with van der Waals surface area (Å²) < 4.78 is 15.7. The van der Waals surface area contributed by atoms with E-state index in [1.54, 1.807) is 45.3 Å². The van der Waals surface area contributed by atoms with Gasteiger partial charge in [-0.1, -0.05) is 0 Å². The highest BCUT2D eigenvalue weighted by atomic mass is 32.1. The zero-order valence-corrected chi connectivity index (χ0v) is 14.4. The van der Waals surface area contributed by atoms with Gasteiger partial charge in [0, 0.05) is 7.05 Å². The number of ether oxygens (including phenoxy) is 3. The number of hydrogen-bond donors (Lipinski definition) is 2. The maximum absolute atomic E-state index is 11.5. The van der Waals surface area contributed by atoms with Gasteiger partial charge in [0.05, 0.1) is 19.4 Å². The van der Waals surface area contributed by atoms with Gasteiger partial charge in [-0.3, -0.25) is 5.43 Å². The van der Waals surface area contributed by atoms with Crippen molar-refractivity contribution in [2.45, 2.75) is 20.0 Å². The molecule has 0 aliphatic heterocycles. The van der Waals surface area contributed by atoms with E-state index in [9.17, 15) is 4.79 Å². The smallest absolute Gasteiger partial charge is 0.344 e. The molecule has 0 fully saturated rings. The van der Waals surface area contributed by atoms with Crippen LogP contribution in [-0.4, -0.2) is 44.2 Å². The van der Waals surface area contributed by atoms with Crippen LogP contribution in [0.5, 0.6) is 11.5 Å². The monoisotopic (exact) mass is 339 g/mol. The van der Waals surface area contributed by atoms with Gasteiger partial charge in [0.1, 0.15) is 0 Å². The van der Waals surface area contributed by atoms with Crippen LogP contribution >= 0.6 is 12.2 Å². The molecule has 23 heavy (non-hydrogen) atoms. The Morgan fingerprint density at radius 3 is 2.74 bits per heavy atom. The number of methoxy groups -OCH3 is 1. The van der Waals surface area contributed by atoms with Gasteiger partial charge in [0.15, 0.2) is 23.2 Å². The van der Waals surface area contributed by atoms with Crippen LogP contribution in [0.15, 0.2) is 23.3 Å². The second-order valence-corrected chi connectivity index (χ2v) is 5.09. The molecule has 0 aliphatic carbocycles. The number of carbonyl (C=O) groups is 1. The van der Waals surface area contributed by atoms with Crippen molar-refractivity contribution in [2.24, 2.45) is 5.10 Å². The molecule has 0 amide bonds. The molecule has 1 aromatic rings. The number of hydrogen-bond acceptors (Lipinski definition) is 6. The number of benzene rings is 1. The van der Waals surface area contributed by atoms with Gasteiger partial charge >= 0.3 is 5.97 Å². The van der Waals surface area contributed by atoms with Crippen LogP contribution in [0.4, 0.5) is 0 Å². The predicted molar refractivity (Wildman–Crippen MR) is 92.1 cm³/mol. The van der Waals surface area contributed by atoms with E-state index in [4.69, 9.17) is 26.4 Å². The van der Waals surface area contributed by atoms with E-state index in [2.05, 4.69) is 15.8 Å². The Balaban J connectivity index is 2.69. The van der Waals surface area contributed by atoms with Crippen molar-refractivity contribution in [3.63, 3.8) is 0 Å². The maximum Gasteiger partial charge on any atom is 0.344 e. The maximum atomic E-state index is 11.5. The topological polar surface area (TPSA) is 81.2 Å². The largest absolute Gasteiger partial charge is 0.493 e. The molecule has 126 valence electrons. The molecule has 2 N–H and O–H groups in total. The molecule has 1 aromatic carbocycles. The first kappa shape index (κ1) is 18.7. The Morgan fingerprint density at radius 1 is 1.39 bits per heavy atom. The van der Waals surface area contributed by atoms with Crippen LogP contribution < -0.4 is 20.2 Å². The van der Waals surface area contributed by atoms with Gasteiger partial charge in [-0.15, -0.1) is 0 Å². The molecule has 0 saturated heterocycles. The van der Waals surface area contributed by atoms with Crippen LogP contribution in [0.25, 0.3) is 0 Å². The number of esters is 1. The number of hydrazone groups is 1. The summed E-state index contributed by atoms with van der Waals surface area (Å²) in [6, 6.07) is 5.20. The molecule has 0 spiro atoms. The zero-order chi connectivity index (χ0) is 17.2. The fourth-order valence-corrected chi connectivity index (χ4v) is 1.59. The molecule has 8 heteroatoms. The predicted octanol–water partition coefficient (Wildman–Crippen LogP) is 1.45. The SMILES string of the molecule is CNC(=S)N/N=C/c1ccc(OCC(=O)OC(C)C)c(OC)c1. The number of rotatable bonds is 7. The average molecular weight is 339 g/mol. The molecule has 0 bridgehead atoms. The fraction of sp³-hybridized carbons (Fsp3) is 0.400. The van der Waals surface area contributed by atoms with Crippen molar-refractivity contribution in [3.8, 4) is 11.5 Å². The lowest BCUT2D eigenvalue weighted by atomic mass is 10.2. The van der Waals surface area contributed by atoms with E-state index >= 15 is 0 Å². The highest BCUT2D eigenvalue weighted by molar-refractivity contribution is 7.80. The van der Waals surface area contributed by atoms with Crippen molar-refractivity contribution in [2.75, 3.05) is 20.8 Å². The van der Waals surface area contributed by atoms with Crippen LogP contribution in [0, 0.1) is 0 Å². The fourth-order valence-electron chi connectivity index (χ4n) is 1.54. The van der Waals surface area contributed by atoms with Crippen LogP contribution in [-0.2, 0) is 9.53 Å². The summed E-state index contributed by atoms with van der Waals surface area (Å²) in [7, 11) is 3.22. The molecule has 0 unspecified atom stereocenters. The van der Waals surface area contributed by atoms with Crippen molar-refractivity contribution in [1.29, 1.82) is 0 Å². The van der Waals surface area contributed by atoms with Crippen LogP contribution in [0.3, 0.4) is 0 Å². The van der Waals surface area contributed by atoms with Gasteiger partial charge < -0.3 is 19.5 Å². The first-order chi connectivity index (χ1) is 11.0. The van der Waals surface area contributed by atoms with Crippen LogP contribution in [0.2, 0.25) is 0 Å². The molecule has 0 saturated carbocycles. The third-order valence-corrected chi connectivity index (χ3v) is 2.80. The van der Waals surface area contributed by atoms with Gasteiger partial charge in [-0.2, -0.15) is 5.10 Å². The van der Waals surface area contributed by atoms with Crippen molar-refractivity contribution >= 4 is 29.5 Å². The van der Waals surface area contributed by atoms with E-state index in [-0.39, 0.29) is 12.7 Å². The molecule has 0 atom stereocenters. The van der Waals surface area contributed by atoms with E-state index in [0.29, 0.717) is 16.6 Å². The lowest BCUT2D eigenvalue weighted by Gasteiger charge is -2.12. The van der Waals surface area contributed by atoms with Crippen LogP contribution in [0.1, 0.15) is 19.4 Å². The molecule has 7 nitrogen and oxygen atoms in total. The van der Waals surface area contributed by atoms with E-state index < -0.39 is 5.97 Å². The molecule has 0 aromatic heterocycles. The lowest BCUT2D eigenvalue weighted by molar-refractivity contribution is -0.149. The Kier molecular flexibility index (Phi) is 7.82. The number of nitrogens with zero attached hydrogens (tertiary/aromatic N) is 1. The third kappa shape index (κ3) is 6.96. The van der Waals surface area contributed by atoms with Gasteiger partial charge in [-0.05, 0) is 49.8 Å². The minimum atomic E-state index is -0.433. The van der Waals surface area contributed by atoms with E-state index in [1.807, 2.05) is 0 Å². The summed E-state index contributed by atoms with van der Waals surface area (Å²) in [5.74, 6) is 0.504. The quantitative estimate of drug-likeness (QED) is 0.337. The van der Waals surface area contributed by atoms with Crippen molar-refractivity contribution < 1.29 is 19.0 Å². The Labute approximate surface area is 141 Å². The highest BCUT2D eigenvalue weighted by Gasteiger charge is 2.10. The normalized spacial score (nSPS) is 10.5. The van der Waals surface area contributed by atoms with Gasteiger partial charge in [0.25, 0.3) is 0 Å². The molecular formula is C15H21N3O4S. The Bertz CT molecular complexity index is 576. The lowest BCUT2D eigenvalue weighted by Crippen LogP contribution is -2.28. The van der Waals surface area contributed by atoms with Gasteiger partial charge in [0.2, 0.25) is 0 Å². The van der Waals surface area contributed by atoms with E-state index in [1.165, 1.54) is 7.11 Å². The average Bonchev–Trinajstić information content (AvgIpc) is 2.52. The zero-order valence-electron chi connectivity index (χ0n) is 13.6. The highest BCUT2D eigenvalue weighted by Crippen LogP contribution is 2.27. The molecular weight excluding hydrogens is 318 g/mol. The second kappa shape index (κ2) is 9.62. The minimum Gasteiger partial charge on any atom is -0.493 e. The standard InChI is InChI=1S/C15H21N3O4S/c1-10(2)22-14(19)9-21-12-6-5-11(7-13(12)20-4)8-17-18-15(23)16-3/h5-8,10H,9H2,1-4H3,(H2,16,18,23)/b17-8+. The summed E-state index contributed by atoms with van der Waals surface area (Å²) in [5.41, 5.74) is 3.43. The first-order valence-corrected chi connectivity index (χ1v) is 7.38. The molecule has 1 rings (SSSR count). The van der Waals surface area contributed by atoms with E-state index in [0.717, 1.165) is 5.56 Å². The van der Waals surface area contributed by atoms with Crippen molar-refractivity contribution in [1.82, 2.24) is 10.7 Å². The number of thiocarbonyl (C=S) groups is 1. The first-order valence-electron chi connectivity index (χ1n) is 6.97. The summed E-state index contributed by atoms with van der Waals surface area (Å²) in [6.07, 6.45) is 1.41. The van der Waals surface area contributed by atoms with Gasteiger partial charge in [-0.25, -0.2) is 4.79 Å². The minimum absolute atomic E-state index is 0.178. The molecule has 0 heterocycles. The summed E-state index contributed by atoms with van der Waals surface area (Å²) >= 11 is 4.90. The second-order valence-electron chi connectivity index (χ2n) is 4.69. The molecule has 0 radical (unpaired) electrons. The summed E-state index contributed by atoms with van der Waals surface area (Å²) in [5, 5.41) is 7.13. The third-order valence-electron chi connectivity index (χ3n) is 2.51. The summed E-state index contributed by atoms with van der Waals surface area (Å²) in [4.78, 5) is 11.5. The molecule has 0 aliphatic rings. The van der Waals surface area contributed by atoms with Crippen molar-refractivity contribution in [3.05, 3.63) is 23.8 Å². The summed E-state index contributed by atoms with van der Waals surface area (Å²) in [6.45, 7) is 3.38. The number of carbonyl (C=O) groups excluding carboxylic acids is 1. The Morgan fingerprint density at radius 2 is 2.13 bits per heavy atom. The number of nitrogens with one attached hydrogen (secondary N) is 2. The Hall–Kier alpha value is -2.35.